The summed E-state index contributed by atoms with van der Waals surface area (Å²) < 4.78 is 1.45. The molecule has 2 heterocycles. The Morgan fingerprint density at radius 3 is 2.56 bits per heavy atom. The number of benzene rings is 2. The second kappa shape index (κ2) is 8.73. The fourth-order valence-corrected chi connectivity index (χ4v) is 3.27. The summed E-state index contributed by atoms with van der Waals surface area (Å²) in [6.07, 6.45) is 2.98. The van der Waals surface area contributed by atoms with Crippen molar-refractivity contribution in [2.45, 2.75) is 6.92 Å². The second-order valence-electron chi connectivity index (χ2n) is 7.20. The average Bonchev–Trinajstić information content (AvgIpc) is 2.81. The summed E-state index contributed by atoms with van der Waals surface area (Å²) in [5.74, 6) is -0.361. The number of nitrogens with one attached hydrogen (secondary N) is 1. The number of hydrogen-bond acceptors (Lipinski definition) is 6. The quantitative estimate of drug-likeness (QED) is 0.376. The molecule has 8 nitrogen and oxygen atoms in total. The molecule has 0 unspecified atom stereocenters. The van der Waals surface area contributed by atoms with Crippen molar-refractivity contribution in [2.24, 2.45) is 5.10 Å². The lowest BCUT2D eigenvalue weighted by Crippen LogP contribution is -2.26. The maximum atomic E-state index is 13.3. The summed E-state index contributed by atoms with van der Waals surface area (Å²) in [4.78, 5) is 32.1. The minimum atomic E-state index is -0.595. The Morgan fingerprint density at radius 2 is 1.81 bits per heavy atom. The molecule has 32 heavy (non-hydrogen) atoms. The van der Waals surface area contributed by atoms with Gasteiger partial charge in [-0.25, -0.2) is 10.4 Å². The minimum Gasteiger partial charge on any atom is -0.507 e. The highest BCUT2D eigenvalue weighted by Gasteiger charge is 2.17. The van der Waals surface area contributed by atoms with Crippen molar-refractivity contribution in [3.63, 3.8) is 0 Å². The molecular formula is C24H21N5O3. The van der Waals surface area contributed by atoms with Gasteiger partial charge in [-0.05, 0) is 42.8 Å². The average molecular weight is 427 g/mol. The standard InChI is InChI=1S/C24H21N5O3/c1-16-12-13-21-26-22(28(2)17-8-4-3-5-9-17)19(24(32)29(21)15-16)14-25-27-23(31)18-10-6-7-11-20(18)30/h3-15,30H,1-2H3,(H,27,31). The molecule has 160 valence electrons. The third-order valence-electron chi connectivity index (χ3n) is 4.96. The first-order valence-electron chi connectivity index (χ1n) is 9.89. The molecule has 2 N–H and O–H groups in total. The molecule has 1 amide bonds. The van der Waals surface area contributed by atoms with Crippen molar-refractivity contribution in [3.05, 3.63) is 100.0 Å². The molecule has 0 aliphatic heterocycles. The number of para-hydroxylation sites is 2. The van der Waals surface area contributed by atoms with Crippen LogP contribution in [0.25, 0.3) is 5.65 Å². The number of carbonyl (C=O) groups excluding carboxylic acids is 1. The van der Waals surface area contributed by atoms with Gasteiger partial charge in [0.1, 0.15) is 22.8 Å². The van der Waals surface area contributed by atoms with Gasteiger partial charge in [0.2, 0.25) is 0 Å². The van der Waals surface area contributed by atoms with Gasteiger partial charge in [0.15, 0.2) is 0 Å². The maximum absolute atomic E-state index is 13.3. The zero-order chi connectivity index (χ0) is 22.7. The molecular weight excluding hydrogens is 406 g/mol. The fraction of sp³-hybridized carbons (Fsp3) is 0.0833. The van der Waals surface area contributed by atoms with E-state index in [0.29, 0.717) is 11.5 Å². The Morgan fingerprint density at radius 1 is 1.09 bits per heavy atom. The van der Waals surface area contributed by atoms with Crippen LogP contribution in [-0.2, 0) is 0 Å². The molecule has 2 aromatic heterocycles. The molecule has 2 aromatic carbocycles. The molecule has 4 aromatic rings. The van der Waals surface area contributed by atoms with Crippen LogP contribution >= 0.6 is 0 Å². The van der Waals surface area contributed by atoms with Gasteiger partial charge in [-0.15, -0.1) is 0 Å². The van der Waals surface area contributed by atoms with E-state index in [9.17, 15) is 14.7 Å². The molecule has 0 spiro atoms. The van der Waals surface area contributed by atoms with E-state index in [1.54, 1.807) is 36.3 Å². The third kappa shape index (κ3) is 4.06. The summed E-state index contributed by atoms with van der Waals surface area (Å²) in [7, 11) is 1.81. The van der Waals surface area contributed by atoms with Gasteiger partial charge >= 0.3 is 0 Å². The molecule has 0 aliphatic rings. The number of amides is 1. The lowest BCUT2D eigenvalue weighted by molar-refractivity contribution is 0.0952. The van der Waals surface area contributed by atoms with Gasteiger partial charge in [0.25, 0.3) is 11.5 Å². The van der Waals surface area contributed by atoms with Crippen LogP contribution in [-0.4, -0.2) is 33.7 Å². The number of fused-ring (bicyclic) bond motifs is 1. The predicted molar refractivity (Wildman–Crippen MR) is 124 cm³/mol. The largest absolute Gasteiger partial charge is 0.507 e. The number of aromatic hydroxyl groups is 1. The van der Waals surface area contributed by atoms with Crippen LogP contribution in [0.2, 0.25) is 0 Å². The number of anilines is 2. The molecule has 0 saturated carbocycles. The number of hydrazone groups is 1. The van der Waals surface area contributed by atoms with Crippen molar-refractivity contribution >= 4 is 29.3 Å². The molecule has 0 aliphatic carbocycles. The van der Waals surface area contributed by atoms with E-state index in [1.165, 1.54) is 22.7 Å². The Bertz CT molecular complexity index is 1380. The van der Waals surface area contributed by atoms with Crippen LogP contribution in [0.4, 0.5) is 11.5 Å². The monoisotopic (exact) mass is 427 g/mol. The van der Waals surface area contributed by atoms with Gasteiger partial charge < -0.3 is 10.0 Å². The summed E-state index contributed by atoms with van der Waals surface area (Å²) >= 11 is 0. The van der Waals surface area contributed by atoms with E-state index in [4.69, 9.17) is 0 Å². The summed E-state index contributed by atoms with van der Waals surface area (Å²) in [5.41, 5.74) is 4.55. The maximum Gasteiger partial charge on any atom is 0.275 e. The van der Waals surface area contributed by atoms with Crippen LogP contribution in [0.15, 0.2) is 82.8 Å². The fourth-order valence-electron chi connectivity index (χ4n) is 3.27. The number of phenols is 1. The second-order valence-corrected chi connectivity index (χ2v) is 7.20. The van der Waals surface area contributed by atoms with Crippen LogP contribution < -0.4 is 15.9 Å². The molecule has 0 atom stereocenters. The Balaban J connectivity index is 1.77. The lowest BCUT2D eigenvalue weighted by atomic mass is 10.2. The van der Waals surface area contributed by atoms with E-state index in [-0.39, 0.29) is 22.4 Å². The highest BCUT2D eigenvalue weighted by atomic mass is 16.3. The molecule has 0 radical (unpaired) electrons. The van der Waals surface area contributed by atoms with Crippen molar-refractivity contribution in [3.8, 4) is 5.75 Å². The predicted octanol–water partition coefficient (Wildman–Crippen LogP) is 3.24. The number of nitrogens with zero attached hydrogens (tertiary/aromatic N) is 4. The topological polar surface area (TPSA) is 99.3 Å². The van der Waals surface area contributed by atoms with Crippen molar-refractivity contribution in [1.82, 2.24) is 14.8 Å². The Hall–Kier alpha value is -4.46. The first kappa shape index (κ1) is 20.8. The van der Waals surface area contributed by atoms with E-state index < -0.39 is 5.91 Å². The van der Waals surface area contributed by atoms with Crippen molar-refractivity contribution < 1.29 is 9.90 Å². The SMILES string of the molecule is Cc1ccc2nc(N(C)c3ccccc3)c(C=NNC(=O)c3ccccc3O)c(=O)n2c1. The summed E-state index contributed by atoms with van der Waals surface area (Å²) in [5, 5.41) is 13.8. The highest BCUT2D eigenvalue weighted by Crippen LogP contribution is 2.23. The van der Waals surface area contributed by atoms with Gasteiger partial charge in [-0.1, -0.05) is 36.4 Å². The summed E-state index contributed by atoms with van der Waals surface area (Å²) in [6, 6.07) is 19.3. The van der Waals surface area contributed by atoms with Crippen molar-refractivity contribution in [2.75, 3.05) is 11.9 Å². The molecule has 8 heteroatoms. The zero-order valence-electron chi connectivity index (χ0n) is 17.6. The number of aryl methyl sites for hydroxylation is 1. The van der Waals surface area contributed by atoms with Crippen molar-refractivity contribution in [1.29, 1.82) is 0 Å². The molecule has 4 rings (SSSR count). The van der Waals surface area contributed by atoms with Crippen LogP contribution in [0, 0.1) is 6.92 Å². The summed E-state index contributed by atoms with van der Waals surface area (Å²) in [6.45, 7) is 1.89. The van der Waals surface area contributed by atoms with E-state index >= 15 is 0 Å². The lowest BCUT2D eigenvalue weighted by Gasteiger charge is -2.20. The van der Waals surface area contributed by atoms with Gasteiger partial charge in [-0.2, -0.15) is 5.10 Å². The number of carbonyl (C=O) groups is 1. The van der Waals surface area contributed by atoms with Gasteiger partial charge in [-0.3, -0.25) is 14.0 Å². The Labute approximate surface area is 184 Å². The van der Waals surface area contributed by atoms with Crippen LogP contribution in [0.5, 0.6) is 5.75 Å². The first-order chi connectivity index (χ1) is 15.5. The molecule has 0 fully saturated rings. The van der Waals surface area contributed by atoms with E-state index in [0.717, 1.165) is 11.3 Å². The highest BCUT2D eigenvalue weighted by molar-refractivity contribution is 5.97. The van der Waals surface area contributed by atoms with Crippen LogP contribution in [0.3, 0.4) is 0 Å². The smallest absolute Gasteiger partial charge is 0.275 e. The minimum absolute atomic E-state index is 0.0789. The number of rotatable bonds is 5. The van der Waals surface area contributed by atoms with E-state index in [1.807, 2.05) is 43.3 Å². The van der Waals surface area contributed by atoms with Crippen LogP contribution in [0.1, 0.15) is 21.5 Å². The Kier molecular flexibility index (Phi) is 5.67. The number of pyridine rings is 1. The zero-order valence-corrected chi connectivity index (χ0v) is 17.6. The normalized spacial score (nSPS) is 11.1. The van der Waals surface area contributed by atoms with Gasteiger partial charge in [0, 0.05) is 18.9 Å². The first-order valence-corrected chi connectivity index (χ1v) is 9.89. The number of aromatic nitrogens is 2. The molecule has 0 bridgehead atoms. The number of phenolic OH excluding ortho intramolecular Hbond substituents is 1. The third-order valence-corrected chi connectivity index (χ3v) is 4.96. The number of hydrogen-bond donors (Lipinski definition) is 2. The molecule has 0 saturated heterocycles. The van der Waals surface area contributed by atoms with Gasteiger partial charge in [0.05, 0.1) is 11.8 Å². The van der Waals surface area contributed by atoms with E-state index in [2.05, 4.69) is 15.5 Å².